The molecule has 0 aromatic heterocycles. The van der Waals surface area contributed by atoms with E-state index in [4.69, 9.17) is 0 Å². The minimum atomic E-state index is -2.77. The van der Waals surface area contributed by atoms with Gasteiger partial charge in [-0.3, -0.25) is 42.1 Å². The molecule has 12 nitrogen and oxygen atoms in total. The zero-order valence-electron chi connectivity index (χ0n) is 87.1. The van der Waals surface area contributed by atoms with Gasteiger partial charge in [0.1, 0.15) is 0 Å². The van der Waals surface area contributed by atoms with Crippen LogP contribution < -0.4 is 0 Å². The highest BCUT2D eigenvalue weighted by Gasteiger charge is 2.51. The lowest BCUT2D eigenvalue weighted by atomic mass is 9.71. The summed E-state index contributed by atoms with van der Waals surface area (Å²) in [7, 11) is -3.07. The third-order valence-corrected chi connectivity index (χ3v) is 81.5. The molecule has 832 valence electrons. The van der Waals surface area contributed by atoms with Crippen molar-refractivity contribution in [2.75, 3.05) is 104 Å². The molecule has 22 aliphatic rings. The Morgan fingerprint density at radius 1 is 0.245 bits per heavy atom. The predicted molar refractivity (Wildman–Crippen MR) is 683 cm³/mol. The molecule has 143 heavy (non-hydrogen) atoms. The number of rotatable bonds is 0. The van der Waals surface area contributed by atoms with E-state index in [1.807, 2.05) is 18.2 Å². The second-order valence-electron chi connectivity index (χ2n) is 47.9. The molecular weight excluding hydrogens is 2210 g/mol. The van der Waals surface area contributed by atoms with Crippen molar-refractivity contribution in [1.29, 1.82) is 0 Å². The molecule has 11 heterocycles. The number of fused-ring (bicyclic) bond motifs is 15. The Bertz CT molecular complexity index is 5270. The monoisotopic (exact) mass is 2400 g/mol. The van der Waals surface area contributed by atoms with Gasteiger partial charge in [-0.2, -0.15) is 0 Å². The summed E-state index contributed by atoms with van der Waals surface area (Å²) in [5.41, 5.74) is 2.52. The fraction of sp³-hybridized carbons (Fsp3) is 0.853. The maximum Gasteiger partial charge on any atom is 0.201 e. The molecule has 11 saturated carbocycles. The Balaban J connectivity index is 0.000000150. The summed E-state index contributed by atoms with van der Waals surface area (Å²) >= 11 is 0. The van der Waals surface area contributed by atoms with Gasteiger partial charge in [0.15, 0.2) is 0 Å². The van der Waals surface area contributed by atoms with Crippen molar-refractivity contribution in [2.45, 2.75) is 304 Å². The number of hydrogen-bond acceptors (Lipinski definition) is 23. The van der Waals surface area contributed by atoms with Crippen molar-refractivity contribution in [1.82, 2.24) is 0 Å². The van der Waals surface area contributed by atoms with E-state index in [2.05, 4.69) is 120 Å². The molecule has 23 rings (SSSR count). The third kappa shape index (κ3) is 38.8. The molecule has 21 fully saturated rings. The topological polar surface area (TPSA) is 205 Å². The van der Waals surface area contributed by atoms with E-state index in [0.29, 0.717) is 57.5 Å². The highest BCUT2D eigenvalue weighted by molar-refractivity contribution is 8.78. The first-order valence-corrected chi connectivity index (χ1v) is 91.0. The van der Waals surface area contributed by atoms with Gasteiger partial charge in [-0.25, -0.2) is 8.42 Å². The molecule has 0 amide bonds. The van der Waals surface area contributed by atoms with Gasteiger partial charge in [0.05, 0.1) is 11.5 Å². The molecule has 2 bridgehead atoms. The zero-order chi connectivity index (χ0) is 102. The van der Waals surface area contributed by atoms with E-state index in [1.54, 1.807) is 97.1 Å². The second-order valence-corrected chi connectivity index (χ2v) is 102. The van der Waals surface area contributed by atoms with E-state index in [9.17, 15) is 50.5 Å². The van der Waals surface area contributed by atoms with Crippen LogP contribution >= 0.6 is 119 Å². The molecule has 1 aromatic carbocycles. The lowest BCUT2D eigenvalue weighted by Gasteiger charge is -2.42. The summed E-state index contributed by atoms with van der Waals surface area (Å²) < 4.78 is 141. The first-order chi connectivity index (χ1) is 66.1. The lowest BCUT2D eigenvalue weighted by Crippen LogP contribution is -2.37. The summed E-state index contributed by atoms with van der Waals surface area (Å²) in [6, 6.07) is 8.15. The molecule has 10 saturated heterocycles. The maximum absolute atomic E-state index is 11.9. The quantitative estimate of drug-likeness (QED) is 0.175. The highest BCUT2D eigenvalue weighted by Crippen LogP contribution is 2.58. The standard InChI is InChI=1S/4C11H20OS2.C10H16OS2.C10H18OS2.C9H16O2S2.C9H16OS2.C9H10OS2.2C8H14OS2.2CH4/c4*1-8-4-10-6-13-14(3,12)7-11(10)5-9(8)2;1-13(11)6-10-8-3-2-7(4-8)9(10)5-12-13;1-13(11)7-6-9-4-2-3-5-10(9)8-12-13;10-13(11)7-9-4-2-1-3-8(9)5-6-12-13;2*1-12(10)7-9-5-3-2-4-8(9)6-11-12;1-11(9)6-7-4-2-3-5-8(7)10-11;1-11(9)8-5-3-2-4-7(8)6-10-11;;/h4*8-11H,3-7H2,1-2H3;7-10H,1-6H2;9-10H,1-8H2;8-9H,1-7H2;8-9H,1-7H2;2-5H,1,6-7H2;2*7-8H,1-6H2;2*1H4/t2*8-,9+,10?,11?,14?;2*8-,9-,10?,11?,14?;7-,8+,9?,10?,13?;;;;;;;;/m10100......../s1. The van der Waals surface area contributed by atoms with Gasteiger partial charge >= 0.3 is 0 Å². The molecule has 0 radical (unpaired) electrons. The van der Waals surface area contributed by atoms with Gasteiger partial charge in [0.2, 0.25) is 8.87 Å². The largest absolute Gasteiger partial charge is 0.257 e. The first kappa shape index (κ1) is 126. The van der Waals surface area contributed by atoms with Crippen LogP contribution in [0.3, 0.4) is 0 Å². The van der Waals surface area contributed by atoms with Gasteiger partial charge in [-0.05, 0) is 381 Å². The molecule has 34 heteroatoms. The van der Waals surface area contributed by atoms with Crippen LogP contribution in [-0.4, -0.2) is 223 Å². The fourth-order valence-electron chi connectivity index (χ4n) is 27.6. The molecule has 30 unspecified atom stereocenters. The summed E-state index contributed by atoms with van der Waals surface area (Å²) in [4.78, 5) is 0. The molecular formula is C109H192O12S22. The predicted octanol–water partition coefficient (Wildman–Crippen LogP) is 26.9. The van der Waals surface area contributed by atoms with Crippen molar-refractivity contribution >= 4 is 272 Å². The number of benzene rings is 1. The van der Waals surface area contributed by atoms with Gasteiger partial charge in [0.25, 0.3) is 0 Å². The van der Waals surface area contributed by atoms with Gasteiger partial charge in [-0.15, -0.1) is 0 Å². The van der Waals surface area contributed by atoms with Crippen molar-refractivity contribution in [3.8, 4) is 0 Å². The smallest absolute Gasteiger partial charge is 0.201 e. The molecule has 11 aliphatic carbocycles. The van der Waals surface area contributed by atoms with Crippen LogP contribution in [0.1, 0.15) is 293 Å². The molecule has 1 aromatic rings. The van der Waals surface area contributed by atoms with Crippen LogP contribution in [0.4, 0.5) is 0 Å². The van der Waals surface area contributed by atoms with E-state index in [-0.39, 0.29) is 14.9 Å². The van der Waals surface area contributed by atoms with Crippen LogP contribution in [0.25, 0.3) is 0 Å². The average molecular weight is 2400 g/mol. The minimum absolute atomic E-state index is 0. The fourth-order valence-corrected chi connectivity index (χ4v) is 72.5. The lowest BCUT2D eigenvalue weighted by molar-refractivity contribution is 0.161. The second kappa shape index (κ2) is 55.5. The van der Waals surface area contributed by atoms with Crippen LogP contribution in [0, 0.1) is 166 Å². The van der Waals surface area contributed by atoms with Crippen molar-refractivity contribution in [3.05, 3.63) is 35.4 Å². The normalized spacial score (nSPS) is 48.4. The van der Waals surface area contributed by atoms with E-state index >= 15 is 0 Å². The minimum Gasteiger partial charge on any atom is -0.257 e. The zero-order valence-corrected chi connectivity index (χ0v) is 105. The van der Waals surface area contributed by atoms with Crippen LogP contribution in [-0.2, 0) is 106 Å². The third-order valence-electron chi connectivity index (χ3n) is 36.9. The summed E-state index contributed by atoms with van der Waals surface area (Å²) in [5.74, 6) is 79.2. The average Bonchev–Trinajstić information content (AvgIpc) is 1.60. The Hall–Kier alpha value is 3.22. The van der Waals surface area contributed by atoms with Crippen LogP contribution in [0.15, 0.2) is 24.3 Å². The summed E-state index contributed by atoms with van der Waals surface area (Å²) in [5, 5.41) is 1.15. The number of hydrogen-bond donors (Lipinski definition) is 0. The Morgan fingerprint density at radius 3 is 1.01 bits per heavy atom. The van der Waals surface area contributed by atoms with Crippen LogP contribution in [0.5, 0.6) is 0 Å². The summed E-state index contributed by atoms with van der Waals surface area (Å²) in [6.45, 7) is 18.8. The van der Waals surface area contributed by atoms with Crippen LogP contribution in [0.2, 0.25) is 0 Å². The van der Waals surface area contributed by atoms with Gasteiger partial charge in [0, 0.05) is 200 Å². The van der Waals surface area contributed by atoms with Gasteiger partial charge < -0.3 is 0 Å². The van der Waals surface area contributed by atoms with Crippen molar-refractivity contribution in [3.63, 3.8) is 0 Å². The molecule has 0 N–H and O–H groups in total. The SMILES string of the molecule is C.C.C=S1(=O)CC2C(CS1)[C@H]1CC[C@@H]2C1.C=S1(=O)CC2CCCCC2CS1.C=S1(=O)CC2CCCCC2S1.C=S1(=O)CC2C[C@@H](C)[C@@H](C)CC2CS1.C=S1(=O)CC2C[C@@H](C)[C@H](C)CC2CS1.C=S1(=O)CC2C[C@H](C)[C@@H](C)CC2CS1.C=S1(=O)CC2C[C@H](C)[C@H](C)CC2CS1.C=S1(=O)CCC2CCCCC2CS1.C=S1(=O)Cc2ccccc2CS1.C=S1(=O)SCC2CCCCC21.O=S1(=O)CC2CCCCC2CCS1. The Labute approximate surface area is 920 Å². The van der Waals surface area contributed by atoms with E-state index in [1.165, 1.54) is 232 Å². The molecule has 11 aliphatic heterocycles. The van der Waals surface area contributed by atoms with Crippen molar-refractivity contribution < 1.29 is 50.5 Å². The first-order valence-electron chi connectivity index (χ1n) is 54.0. The molecule has 40 atom stereocenters. The highest BCUT2D eigenvalue weighted by atomic mass is 33.2. The van der Waals surface area contributed by atoms with Gasteiger partial charge in [-0.1, -0.05) is 279 Å². The Morgan fingerprint density at radius 2 is 0.566 bits per heavy atom. The van der Waals surface area contributed by atoms with Crippen molar-refractivity contribution in [2.24, 2.45) is 166 Å². The van der Waals surface area contributed by atoms with E-state index in [0.717, 1.165) is 247 Å². The maximum atomic E-state index is 11.9. The molecule has 0 spiro atoms. The Kier molecular flexibility index (Phi) is 49.1. The van der Waals surface area contributed by atoms with E-state index < -0.39 is 94.4 Å². The summed E-state index contributed by atoms with van der Waals surface area (Å²) in [6.07, 6.45) is 43.3.